The third-order valence-corrected chi connectivity index (χ3v) is 3.76. The van der Waals surface area contributed by atoms with Gasteiger partial charge in [-0.05, 0) is 12.5 Å². The molecular formula is C14H24O6Si. The summed E-state index contributed by atoms with van der Waals surface area (Å²) < 4.78 is 14.5. The maximum absolute atomic E-state index is 11.2. The lowest BCUT2D eigenvalue weighted by atomic mass is 10.4. The Morgan fingerprint density at radius 2 is 1.57 bits per heavy atom. The van der Waals surface area contributed by atoms with Crippen LogP contribution in [0.2, 0.25) is 6.04 Å². The second-order valence-corrected chi connectivity index (χ2v) is 5.79. The smallest absolute Gasteiger partial charge is 0.331 e. The quantitative estimate of drug-likeness (QED) is 0.247. The average Bonchev–Trinajstić information content (AvgIpc) is 2.47. The van der Waals surface area contributed by atoms with Gasteiger partial charge in [0.05, 0.1) is 6.61 Å². The molecule has 0 aromatic carbocycles. The van der Waals surface area contributed by atoms with Crippen molar-refractivity contribution in [3.63, 3.8) is 0 Å². The Bertz CT molecular complexity index is 353. The molecule has 6 nitrogen and oxygen atoms in total. The van der Waals surface area contributed by atoms with Crippen molar-refractivity contribution in [2.75, 3.05) is 13.2 Å². The Kier molecular flexibility index (Phi) is 12.3. The first kappa shape index (κ1) is 19.4. The summed E-state index contributed by atoms with van der Waals surface area (Å²) in [4.78, 5) is 33.6. The van der Waals surface area contributed by atoms with Crippen LogP contribution < -0.4 is 0 Å². The summed E-state index contributed by atoms with van der Waals surface area (Å²) in [6.45, 7) is 3.94. The zero-order valence-corrected chi connectivity index (χ0v) is 14.2. The second kappa shape index (κ2) is 13.4. The zero-order valence-electron chi connectivity index (χ0n) is 12.8. The van der Waals surface area contributed by atoms with Crippen LogP contribution in [0.4, 0.5) is 0 Å². The monoisotopic (exact) mass is 316 g/mol. The number of ether oxygens (including phenoxy) is 2. The van der Waals surface area contributed by atoms with Crippen LogP contribution in [0.1, 0.15) is 39.5 Å². The highest BCUT2D eigenvalue weighted by Crippen LogP contribution is 1.95. The molecule has 0 saturated heterocycles. The molecular weight excluding hydrogens is 292 g/mol. The van der Waals surface area contributed by atoms with Gasteiger partial charge in [0.15, 0.2) is 6.61 Å². The van der Waals surface area contributed by atoms with Crippen molar-refractivity contribution < 1.29 is 28.3 Å². The van der Waals surface area contributed by atoms with Gasteiger partial charge in [-0.1, -0.05) is 33.1 Å². The molecule has 0 aromatic rings. The van der Waals surface area contributed by atoms with Crippen molar-refractivity contribution in [2.24, 2.45) is 0 Å². The molecule has 7 heteroatoms. The van der Waals surface area contributed by atoms with Gasteiger partial charge in [0.2, 0.25) is 9.76 Å². The van der Waals surface area contributed by atoms with E-state index in [-0.39, 0.29) is 0 Å². The van der Waals surface area contributed by atoms with Crippen LogP contribution in [-0.2, 0) is 28.3 Å². The first-order chi connectivity index (χ1) is 10.1. The molecule has 0 heterocycles. The van der Waals surface area contributed by atoms with Gasteiger partial charge in [0, 0.05) is 12.2 Å². The molecule has 0 bridgehead atoms. The molecule has 0 atom stereocenters. The van der Waals surface area contributed by atoms with Crippen LogP contribution in [0.15, 0.2) is 12.2 Å². The lowest BCUT2D eigenvalue weighted by Crippen LogP contribution is -2.17. The first-order valence-electron chi connectivity index (χ1n) is 7.27. The van der Waals surface area contributed by atoms with E-state index >= 15 is 0 Å². The minimum absolute atomic E-state index is 0.323. The fraction of sp³-hybridized carbons (Fsp3) is 0.643. The van der Waals surface area contributed by atoms with Gasteiger partial charge < -0.3 is 13.9 Å². The second-order valence-electron chi connectivity index (χ2n) is 4.39. The summed E-state index contributed by atoms with van der Waals surface area (Å²) in [6, 6.07) is 0.930. The summed E-state index contributed by atoms with van der Waals surface area (Å²) >= 11 is 0. The van der Waals surface area contributed by atoms with Crippen LogP contribution >= 0.6 is 0 Å². The fourth-order valence-corrected chi connectivity index (χ4v) is 2.42. The van der Waals surface area contributed by atoms with Crippen LogP contribution in [0.3, 0.4) is 0 Å². The van der Waals surface area contributed by atoms with E-state index in [0.29, 0.717) is 6.61 Å². The van der Waals surface area contributed by atoms with Gasteiger partial charge in [0.25, 0.3) is 0 Å². The van der Waals surface area contributed by atoms with Gasteiger partial charge >= 0.3 is 17.9 Å². The third kappa shape index (κ3) is 13.1. The maximum Gasteiger partial charge on any atom is 0.331 e. The molecule has 21 heavy (non-hydrogen) atoms. The van der Waals surface area contributed by atoms with Crippen molar-refractivity contribution in [1.82, 2.24) is 0 Å². The number of carbonyl (C=O) groups excluding carboxylic acids is 3. The molecule has 0 aliphatic carbocycles. The van der Waals surface area contributed by atoms with Crippen LogP contribution in [-0.4, -0.2) is 40.9 Å². The molecule has 0 rings (SSSR count). The summed E-state index contributed by atoms with van der Waals surface area (Å²) in [6.07, 6.45) is 5.73. The molecule has 0 aliphatic heterocycles. The molecule has 0 N–H and O–H groups in total. The summed E-state index contributed by atoms with van der Waals surface area (Å²) in [5, 5.41) is 0. The molecule has 0 fully saturated rings. The van der Waals surface area contributed by atoms with E-state index in [1.54, 1.807) is 0 Å². The molecule has 0 saturated carbocycles. The number of carbonyl (C=O) groups is 3. The van der Waals surface area contributed by atoms with Gasteiger partial charge in [-0.2, -0.15) is 0 Å². The number of hydrogen-bond acceptors (Lipinski definition) is 6. The molecule has 0 aromatic heterocycles. The van der Waals surface area contributed by atoms with E-state index in [1.807, 2.05) is 6.92 Å². The lowest BCUT2D eigenvalue weighted by Gasteiger charge is -2.04. The summed E-state index contributed by atoms with van der Waals surface area (Å²) in [5.41, 5.74) is 0. The third-order valence-electron chi connectivity index (χ3n) is 2.44. The van der Waals surface area contributed by atoms with Gasteiger partial charge in [-0.15, -0.1) is 0 Å². The molecule has 0 unspecified atom stereocenters. The summed E-state index contributed by atoms with van der Waals surface area (Å²) in [5.74, 6) is -1.91. The van der Waals surface area contributed by atoms with Crippen molar-refractivity contribution in [3.05, 3.63) is 12.2 Å². The van der Waals surface area contributed by atoms with Gasteiger partial charge in [-0.25, -0.2) is 14.4 Å². The van der Waals surface area contributed by atoms with Crippen molar-refractivity contribution >= 4 is 27.7 Å². The highest BCUT2D eigenvalue weighted by molar-refractivity contribution is 6.30. The number of unbranched alkanes of at least 4 members (excludes halogenated alkanes) is 2. The Balaban J connectivity index is 3.73. The molecule has 120 valence electrons. The molecule has 0 amide bonds. The Labute approximate surface area is 127 Å². The number of rotatable bonds is 11. The molecule has 0 spiro atoms. The average molecular weight is 316 g/mol. The van der Waals surface area contributed by atoms with Crippen molar-refractivity contribution in [1.29, 1.82) is 0 Å². The predicted molar refractivity (Wildman–Crippen MR) is 80.3 cm³/mol. The largest absolute Gasteiger partial charge is 0.522 e. The van der Waals surface area contributed by atoms with Crippen LogP contribution in [0, 0.1) is 0 Å². The minimum Gasteiger partial charge on any atom is -0.522 e. The highest BCUT2D eigenvalue weighted by atomic mass is 28.2. The first-order valence-corrected chi connectivity index (χ1v) is 8.85. The van der Waals surface area contributed by atoms with Crippen LogP contribution in [0.25, 0.3) is 0 Å². The maximum atomic E-state index is 11.2. The van der Waals surface area contributed by atoms with Gasteiger partial charge in [0.1, 0.15) is 0 Å². The van der Waals surface area contributed by atoms with E-state index in [2.05, 4.69) is 11.7 Å². The van der Waals surface area contributed by atoms with Crippen molar-refractivity contribution in [2.45, 2.75) is 45.6 Å². The standard InChI is InChI=1S/C14H24O6Si/c1-3-5-9-18-12(15)7-8-13(16)19-11-14(17)20-21-10-6-4-2/h7-8H,3-6,9-11,21H2,1-2H3/b8-7-. The topological polar surface area (TPSA) is 78.9 Å². The molecule has 0 aliphatic rings. The Morgan fingerprint density at radius 1 is 0.952 bits per heavy atom. The SMILES string of the molecule is CCCCOC(=O)/C=C\C(=O)OCC(=O)O[SiH2]CCCC. The predicted octanol–water partition coefficient (Wildman–Crippen LogP) is 1.27. The van der Waals surface area contributed by atoms with E-state index in [4.69, 9.17) is 9.16 Å². The Morgan fingerprint density at radius 3 is 2.19 bits per heavy atom. The highest BCUT2D eigenvalue weighted by Gasteiger charge is 2.06. The summed E-state index contributed by atoms with van der Waals surface area (Å²) in [7, 11) is -0.861. The molecule has 0 radical (unpaired) electrons. The zero-order chi connectivity index (χ0) is 15.9. The van der Waals surface area contributed by atoms with E-state index in [0.717, 1.165) is 43.9 Å². The Hall–Kier alpha value is -1.63. The number of esters is 2. The van der Waals surface area contributed by atoms with E-state index in [1.165, 1.54) is 0 Å². The van der Waals surface area contributed by atoms with Crippen LogP contribution in [0.5, 0.6) is 0 Å². The number of hydrogen-bond donors (Lipinski definition) is 0. The fourth-order valence-electron chi connectivity index (χ4n) is 1.26. The minimum atomic E-state index is -0.861. The normalized spacial score (nSPS) is 11.0. The van der Waals surface area contributed by atoms with Crippen molar-refractivity contribution in [3.8, 4) is 0 Å². The van der Waals surface area contributed by atoms with E-state index in [9.17, 15) is 14.4 Å². The van der Waals surface area contributed by atoms with Gasteiger partial charge in [-0.3, -0.25) is 0 Å². The lowest BCUT2D eigenvalue weighted by molar-refractivity contribution is -0.150. The van der Waals surface area contributed by atoms with E-state index < -0.39 is 34.3 Å².